The van der Waals surface area contributed by atoms with Crippen LogP contribution in [0.5, 0.6) is 5.75 Å². The van der Waals surface area contributed by atoms with Gasteiger partial charge >= 0.3 is 0 Å². The summed E-state index contributed by atoms with van der Waals surface area (Å²) in [5.74, 6) is 1.80. The number of ether oxygens (including phenoxy) is 3. The van der Waals surface area contributed by atoms with Crippen molar-refractivity contribution in [3.63, 3.8) is 0 Å². The molecule has 1 saturated carbocycles. The van der Waals surface area contributed by atoms with Gasteiger partial charge in [-0.15, -0.1) is 24.0 Å². The highest BCUT2D eigenvalue weighted by Crippen LogP contribution is 2.27. The molecule has 158 valence electrons. The summed E-state index contributed by atoms with van der Waals surface area (Å²) >= 11 is 0. The van der Waals surface area contributed by atoms with E-state index < -0.39 is 0 Å². The molecule has 2 N–H and O–H groups in total. The molecule has 1 aromatic carbocycles. The number of aliphatic imine (C=N–C) groups is 1. The predicted octanol–water partition coefficient (Wildman–Crippen LogP) is 3.49. The Labute approximate surface area is 185 Å². The number of nitrogens with one attached hydrogen (secondary N) is 2. The van der Waals surface area contributed by atoms with Gasteiger partial charge in [0.25, 0.3) is 0 Å². The van der Waals surface area contributed by atoms with Crippen LogP contribution < -0.4 is 15.4 Å². The van der Waals surface area contributed by atoms with Gasteiger partial charge in [-0.05, 0) is 45.1 Å². The summed E-state index contributed by atoms with van der Waals surface area (Å²) in [6.07, 6.45) is 6.22. The lowest BCUT2D eigenvalue weighted by Gasteiger charge is -2.27. The van der Waals surface area contributed by atoms with Crippen LogP contribution in [0, 0.1) is 0 Å². The Kier molecular flexibility index (Phi) is 11.0. The van der Waals surface area contributed by atoms with Gasteiger partial charge in [-0.25, -0.2) is 4.99 Å². The molecule has 2 aliphatic rings. The molecular formula is C21H34IN3O3. The smallest absolute Gasteiger partial charge is 0.191 e. The fourth-order valence-corrected chi connectivity index (χ4v) is 3.10. The Hall–Kier alpha value is -1.06. The van der Waals surface area contributed by atoms with Crippen LogP contribution in [-0.2, 0) is 16.0 Å². The molecule has 1 aliphatic carbocycles. The van der Waals surface area contributed by atoms with Gasteiger partial charge in [0.2, 0.25) is 0 Å². The molecule has 3 rings (SSSR count). The first-order valence-corrected chi connectivity index (χ1v) is 10.3. The Bertz CT molecular complexity index is 590. The molecule has 1 saturated heterocycles. The minimum atomic E-state index is 0. The molecule has 2 fully saturated rings. The first-order chi connectivity index (χ1) is 13.3. The first kappa shape index (κ1) is 23.2. The zero-order valence-electron chi connectivity index (χ0n) is 16.8. The topological polar surface area (TPSA) is 64.1 Å². The maximum absolute atomic E-state index is 6.10. The molecule has 0 bridgehead atoms. The molecule has 0 radical (unpaired) electrons. The van der Waals surface area contributed by atoms with Crippen LogP contribution in [0.15, 0.2) is 29.3 Å². The van der Waals surface area contributed by atoms with E-state index in [0.29, 0.717) is 12.6 Å². The second kappa shape index (κ2) is 13.2. The van der Waals surface area contributed by atoms with Crippen LogP contribution in [-0.4, -0.2) is 51.1 Å². The van der Waals surface area contributed by atoms with Crippen LogP contribution in [0.25, 0.3) is 0 Å². The average molecular weight is 503 g/mol. The third kappa shape index (κ3) is 7.75. The molecule has 1 aliphatic heterocycles. The van der Waals surface area contributed by atoms with Crippen molar-refractivity contribution in [2.45, 2.75) is 57.8 Å². The van der Waals surface area contributed by atoms with Crippen LogP contribution in [0.3, 0.4) is 0 Å². The number of guanidine groups is 1. The fourth-order valence-electron chi connectivity index (χ4n) is 3.10. The van der Waals surface area contributed by atoms with Gasteiger partial charge in [-0.3, -0.25) is 0 Å². The fraction of sp³-hybridized carbons (Fsp3) is 0.667. The SMILES string of the molecule is CCNC(=NCc1ccccc1OC1CCC1)NCCCOC1CCOC1.I. The normalized spacial score (nSPS) is 19.6. The largest absolute Gasteiger partial charge is 0.490 e. The van der Waals surface area contributed by atoms with Crippen LogP contribution in [0.2, 0.25) is 0 Å². The van der Waals surface area contributed by atoms with Crippen molar-refractivity contribution in [1.29, 1.82) is 0 Å². The van der Waals surface area contributed by atoms with E-state index in [2.05, 4.69) is 23.6 Å². The van der Waals surface area contributed by atoms with Crippen molar-refractivity contribution in [3.05, 3.63) is 29.8 Å². The second-order valence-corrected chi connectivity index (χ2v) is 7.11. The predicted molar refractivity (Wildman–Crippen MR) is 123 cm³/mol. The number of rotatable bonds is 10. The molecule has 0 spiro atoms. The Balaban J connectivity index is 0.00000280. The quantitative estimate of drug-likeness (QED) is 0.222. The second-order valence-electron chi connectivity index (χ2n) is 7.11. The third-order valence-electron chi connectivity index (χ3n) is 4.93. The molecule has 1 atom stereocenters. The van der Waals surface area contributed by atoms with Crippen molar-refractivity contribution < 1.29 is 14.2 Å². The Morgan fingerprint density at radius 3 is 2.75 bits per heavy atom. The first-order valence-electron chi connectivity index (χ1n) is 10.3. The van der Waals surface area contributed by atoms with Crippen LogP contribution in [0.1, 0.15) is 44.6 Å². The summed E-state index contributed by atoms with van der Waals surface area (Å²) in [6, 6.07) is 8.22. The molecular weight excluding hydrogens is 469 g/mol. The average Bonchev–Trinajstić information content (AvgIpc) is 3.16. The highest BCUT2D eigenvalue weighted by atomic mass is 127. The third-order valence-corrected chi connectivity index (χ3v) is 4.93. The molecule has 7 heteroatoms. The summed E-state index contributed by atoms with van der Waals surface area (Å²) in [6.45, 7) is 6.66. The van der Waals surface area contributed by atoms with Gasteiger partial charge < -0.3 is 24.8 Å². The Morgan fingerprint density at radius 1 is 1.18 bits per heavy atom. The van der Waals surface area contributed by atoms with E-state index in [1.807, 2.05) is 18.2 Å². The van der Waals surface area contributed by atoms with Gasteiger partial charge in [0.15, 0.2) is 5.96 Å². The maximum Gasteiger partial charge on any atom is 0.191 e. The van der Waals surface area contributed by atoms with E-state index in [0.717, 1.165) is 75.9 Å². The minimum absolute atomic E-state index is 0. The summed E-state index contributed by atoms with van der Waals surface area (Å²) < 4.78 is 17.2. The van der Waals surface area contributed by atoms with Crippen molar-refractivity contribution >= 4 is 29.9 Å². The van der Waals surface area contributed by atoms with E-state index in [4.69, 9.17) is 19.2 Å². The van der Waals surface area contributed by atoms with Crippen molar-refractivity contribution in [3.8, 4) is 5.75 Å². The summed E-state index contributed by atoms with van der Waals surface area (Å²) in [5, 5.41) is 6.69. The lowest BCUT2D eigenvalue weighted by molar-refractivity contribution is 0.0420. The molecule has 1 aromatic rings. The highest BCUT2D eigenvalue weighted by molar-refractivity contribution is 14.0. The minimum Gasteiger partial charge on any atom is -0.490 e. The van der Waals surface area contributed by atoms with E-state index in [1.165, 1.54) is 6.42 Å². The van der Waals surface area contributed by atoms with Crippen molar-refractivity contribution in [2.75, 3.05) is 32.9 Å². The molecule has 1 unspecified atom stereocenters. The summed E-state index contributed by atoms with van der Waals surface area (Å²) in [7, 11) is 0. The Morgan fingerprint density at radius 2 is 2.04 bits per heavy atom. The number of para-hydroxylation sites is 1. The highest BCUT2D eigenvalue weighted by Gasteiger charge is 2.20. The lowest BCUT2D eigenvalue weighted by Crippen LogP contribution is -2.38. The zero-order valence-corrected chi connectivity index (χ0v) is 19.2. The number of hydrogen-bond donors (Lipinski definition) is 2. The molecule has 6 nitrogen and oxygen atoms in total. The van der Waals surface area contributed by atoms with E-state index >= 15 is 0 Å². The van der Waals surface area contributed by atoms with Crippen molar-refractivity contribution in [1.82, 2.24) is 10.6 Å². The van der Waals surface area contributed by atoms with Gasteiger partial charge in [0, 0.05) is 31.9 Å². The molecule has 0 amide bonds. The van der Waals surface area contributed by atoms with Crippen LogP contribution >= 0.6 is 24.0 Å². The number of hydrogen-bond acceptors (Lipinski definition) is 4. The summed E-state index contributed by atoms with van der Waals surface area (Å²) in [4.78, 5) is 4.72. The lowest BCUT2D eigenvalue weighted by atomic mass is 9.96. The van der Waals surface area contributed by atoms with Gasteiger partial charge in [0.1, 0.15) is 5.75 Å². The standard InChI is InChI=1S/C21H33N3O3.HI/c1-2-22-21(23-12-6-13-26-19-11-14-25-16-19)24-15-17-7-3-4-10-20(17)27-18-8-5-9-18;/h3-4,7,10,18-19H,2,5-6,8-9,11-16H2,1H3,(H2,22,23,24);1H. The summed E-state index contributed by atoms with van der Waals surface area (Å²) in [5.41, 5.74) is 1.13. The monoisotopic (exact) mass is 503 g/mol. The number of benzene rings is 1. The molecule has 28 heavy (non-hydrogen) atoms. The van der Waals surface area contributed by atoms with E-state index in [9.17, 15) is 0 Å². The molecule has 0 aromatic heterocycles. The number of nitrogens with zero attached hydrogens (tertiary/aromatic N) is 1. The van der Waals surface area contributed by atoms with Gasteiger partial charge in [-0.1, -0.05) is 18.2 Å². The van der Waals surface area contributed by atoms with Crippen molar-refractivity contribution in [2.24, 2.45) is 4.99 Å². The van der Waals surface area contributed by atoms with Crippen LogP contribution in [0.4, 0.5) is 0 Å². The maximum atomic E-state index is 6.10. The zero-order chi connectivity index (χ0) is 18.7. The van der Waals surface area contributed by atoms with E-state index in [-0.39, 0.29) is 30.1 Å². The number of halogens is 1. The van der Waals surface area contributed by atoms with Gasteiger partial charge in [-0.2, -0.15) is 0 Å². The van der Waals surface area contributed by atoms with E-state index in [1.54, 1.807) is 0 Å². The molecule has 1 heterocycles. The van der Waals surface area contributed by atoms with Gasteiger partial charge in [0.05, 0.1) is 25.4 Å².